The molecule has 8 heteroatoms. The number of hydrogen-bond acceptors (Lipinski definition) is 6. The Hall–Kier alpha value is -1.90. The number of aromatic nitrogens is 1. The summed E-state index contributed by atoms with van der Waals surface area (Å²) in [4.78, 5) is 6.56. The maximum Gasteiger partial charge on any atom is 0.244 e. The van der Waals surface area contributed by atoms with Gasteiger partial charge in [-0.05, 0) is 51.2 Å². The van der Waals surface area contributed by atoms with Crippen LogP contribution in [0.5, 0.6) is 0 Å². The highest BCUT2D eigenvalue weighted by Crippen LogP contribution is 2.22. The Kier molecular flexibility index (Phi) is 5.41. The molecule has 1 fully saturated rings. The monoisotopic (exact) mass is 364 g/mol. The first-order chi connectivity index (χ1) is 12.0. The van der Waals surface area contributed by atoms with Crippen molar-refractivity contribution in [2.75, 3.05) is 39.0 Å². The first-order valence-electron chi connectivity index (χ1n) is 8.38. The third kappa shape index (κ3) is 4.02. The predicted octanol–water partition coefficient (Wildman–Crippen LogP) is 2.17. The normalized spacial score (nSPS) is 17.1. The van der Waals surface area contributed by atoms with Crippen LogP contribution in [0, 0.1) is 0 Å². The zero-order chi connectivity index (χ0) is 17.9. The van der Waals surface area contributed by atoms with E-state index in [0.29, 0.717) is 25.5 Å². The van der Waals surface area contributed by atoms with Crippen molar-refractivity contribution in [2.45, 2.75) is 23.8 Å². The lowest BCUT2D eigenvalue weighted by molar-refractivity contribution is 0.269. The lowest BCUT2D eigenvalue weighted by Crippen LogP contribution is -2.28. The van der Waals surface area contributed by atoms with Crippen molar-refractivity contribution in [2.24, 2.45) is 0 Å². The standard InChI is InChI=1S/C17H24N4O3S/c1-20(2)15(16-6-5-11-24-16)13-19-17-8-7-14(12-18-17)25(22,23)21-9-3-4-10-21/h5-8,11-12,15H,3-4,9-10,13H2,1-2H3,(H,18,19). The largest absolute Gasteiger partial charge is 0.468 e. The minimum absolute atomic E-state index is 0.0600. The van der Waals surface area contributed by atoms with Crippen LogP contribution in [0.3, 0.4) is 0 Å². The second kappa shape index (κ2) is 7.55. The second-order valence-corrected chi connectivity index (χ2v) is 8.30. The molecule has 1 aliphatic rings. The summed E-state index contributed by atoms with van der Waals surface area (Å²) in [5.41, 5.74) is 0. The van der Waals surface area contributed by atoms with Crippen LogP contribution in [0.15, 0.2) is 46.0 Å². The van der Waals surface area contributed by atoms with E-state index in [1.807, 2.05) is 26.2 Å². The molecule has 0 bridgehead atoms. The molecule has 1 saturated heterocycles. The Morgan fingerprint density at radius 3 is 2.60 bits per heavy atom. The van der Waals surface area contributed by atoms with Gasteiger partial charge in [-0.3, -0.25) is 4.90 Å². The lowest BCUT2D eigenvalue weighted by Gasteiger charge is -2.23. The molecule has 0 amide bonds. The highest BCUT2D eigenvalue weighted by molar-refractivity contribution is 7.89. The summed E-state index contributed by atoms with van der Waals surface area (Å²) in [6, 6.07) is 7.18. The molecule has 1 unspecified atom stereocenters. The van der Waals surface area contributed by atoms with Gasteiger partial charge < -0.3 is 9.73 Å². The van der Waals surface area contributed by atoms with Gasteiger partial charge in [-0.1, -0.05) is 0 Å². The Morgan fingerprint density at radius 2 is 2.04 bits per heavy atom. The van der Waals surface area contributed by atoms with Crippen molar-refractivity contribution in [3.63, 3.8) is 0 Å². The van der Waals surface area contributed by atoms with E-state index in [4.69, 9.17) is 4.42 Å². The summed E-state index contributed by atoms with van der Waals surface area (Å²) in [6.07, 6.45) is 4.92. The molecule has 2 aromatic heterocycles. The minimum Gasteiger partial charge on any atom is -0.468 e. The van der Waals surface area contributed by atoms with Crippen molar-refractivity contribution < 1.29 is 12.8 Å². The number of nitrogens with one attached hydrogen (secondary N) is 1. The van der Waals surface area contributed by atoms with Crippen molar-refractivity contribution in [3.05, 3.63) is 42.5 Å². The Bertz CT molecular complexity index is 767. The number of pyridine rings is 1. The average Bonchev–Trinajstić information content (AvgIpc) is 3.29. The molecule has 0 radical (unpaired) electrons. The number of rotatable bonds is 7. The summed E-state index contributed by atoms with van der Waals surface area (Å²) in [7, 11) is 0.545. The number of likely N-dealkylation sites (N-methyl/N-ethyl adjacent to an activating group) is 1. The Balaban J connectivity index is 1.66. The molecule has 7 nitrogen and oxygen atoms in total. The molecule has 1 atom stereocenters. The smallest absolute Gasteiger partial charge is 0.244 e. The van der Waals surface area contributed by atoms with E-state index in [1.165, 1.54) is 10.5 Å². The fraction of sp³-hybridized carbons (Fsp3) is 0.471. The third-order valence-corrected chi connectivity index (χ3v) is 6.29. The van der Waals surface area contributed by atoms with Gasteiger partial charge in [0.2, 0.25) is 10.0 Å². The first kappa shape index (κ1) is 17.9. The summed E-state index contributed by atoms with van der Waals surface area (Å²) >= 11 is 0. The van der Waals surface area contributed by atoms with Gasteiger partial charge in [-0.2, -0.15) is 4.31 Å². The van der Waals surface area contributed by atoms with Gasteiger partial charge >= 0.3 is 0 Å². The Labute approximate surface area is 148 Å². The van der Waals surface area contributed by atoms with E-state index in [0.717, 1.165) is 18.6 Å². The molecule has 0 aromatic carbocycles. The molecule has 136 valence electrons. The van der Waals surface area contributed by atoms with Crippen LogP contribution in [0.4, 0.5) is 5.82 Å². The van der Waals surface area contributed by atoms with Gasteiger partial charge in [0.05, 0.1) is 12.3 Å². The van der Waals surface area contributed by atoms with E-state index >= 15 is 0 Å². The van der Waals surface area contributed by atoms with Crippen molar-refractivity contribution in [1.82, 2.24) is 14.2 Å². The molecular formula is C17H24N4O3S. The van der Waals surface area contributed by atoms with Gasteiger partial charge in [-0.15, -0.1) is 0 Å². The molecule has 3 rings (SSSR count). The topological polar surface area (TPSA) is 78.7 Å². The molecule has 25 heavy (non-hydrogen) atoms. The maximum absolute atomic E-state index is 12.5. The van der Waals surface area contributed by atoms with Gasteiger partial charge in [0.25, 0.3) is 0 Å². The summed E-state index contributed by atoms with van der Waals surface area (Å²) < 4.78 is 32.0. The minimum atomic E-state index is -3.42. The molecule has 2 aromatic rings. The Morgan fingerprint density at radius 1 is 1.28 bits per heavy atom. The molecular weight excluding hydrogens is 340 g/mol. The number of anilines is 1. The van der Waals surface area contributed by atoms with Crippen molar-refractivity contribution in [1.29, 1.82) is 0 Å². The van der Waals surface area contributed by atoms with Crippen molar-refractivity contribution in [3.8, 4) is 0 Å². The summed E-state index contributed by atoms with van der Waals surface area (Å²) in [6.45, 7) is 1.79. The van der Waals surface area contributed by atoms with E-state index in [2.05, 4.69) is 15.2 Å². The van der Waals surface area contributed by atoms with Crippen LogP contribution in [-0.2, 0) is 10.0 Å². The number of sulfonamides is 1. The van der Waals surface area contributed by atoms with Gasteiger partial charge in [0.15, 0.2) is 0 Å². The highest BCUT2D eigenvalue weighted by atomic mass is 32.2. The highest BCUT2D eigenvalue weighted by Gasteiger charge is 2.27. The molecule has 1 aliphatic heterocycles. The SMILES string of the molecule is CN(C)C(CNc1ccc(S(=O)(=O)N2CCCC2)cn1)c1ccco1. The number of nitrogens with zero attached hydrogens (tertiary/aromatic N) is 3. The first-order valence-corrected chi connectivity index (χ1v) is 9.82. The van der Waals surface area contributed by atoms with E-state index < -0.39 is 10.0 Å². The lowest BCUT2D eigenvalue weighted by atomic mass is 10.2. The van der Waals surface area contributed by atoms with Crippen LogP contribution in [-0.4, -0.2) is 56.3 Å². The molecule has 0 saturated carbocycles. The molecule has 0 aliphatic carbocycles. The fourth-order valence-electron chi connectivity index (χ4n) is 2.93. The summed E-state index contributed by atoms with van der Waals surface area (Å²) in [5, 5.41) is 3.24. The summed E-state index contributed by atoms with van der Waals surface area (Å²) in [5.74, 6) is 1.50. The maximum atomic E-state index is 12.5. The quantitative estimate of drug-likeness (QED) is 0.811. The average molecular weight is 364 g/mol. The van der Waals surface area contributed by atoms with Gasteiger partial charge in [-0.25, -0.2) is 13.4 Å². The third-order valence-electron chi connectivity index (χ3n) is 4.41. The molecule has 3 heterocycles. The zero-order valence-corrected chi connectivity index (χ0v) is 15.4. The number of hydrogen-bond donors (Lipinski definition) is 1. The fourth-order valence-corrected chi connectivity index (χ4v) is 4.40. The van der Waals surface area contributed by atoms with Crippen LogP contribution < -0.4 is 5.32 Å². The van der Waals surface area contributed by atoms with Crippen LogP contribution >= 0.6 is 0 Å². The van der Waals surface area contributed by atoms with Gasteiger partial charge in [0.1, 0.15) is 16.5 Å². The van der Waals surface area contributed by atoms with E-state index in [-0.39, 0.29) is 10.9 Å². The zero-order valence-electron chi connectivity index (χ0n) is 14.6. The molecule has 1 N–H and O–H groups in total. The van der Waals surface area contributed by atoms with Gasteiger partial charge in [0, 0.05) is 25.8 Å². The molecule has 0 spiro atoms. The van der Waals surface area contributed by atoms with E-state index in [9.17, 15) is 8.42 Å². The number of furan rings is 1. The predicted molar refractivity (Wildman–Crippen MR) is 95.9 cm³/mol. The van der Waals surface area contributed by atoms with Crippen LogP contribution in [0.25, 0.3) is 0 Å². The van der Waals surface area contributed by atoms with Crippen LogP contribution in [0.2, 0.25) is 0 Å². The van der Waals surface area contributed by atoms with Crippen LogP contribution in [0.1, 0.15) is 24.6 Å². The second-order valence-electron chi connectivity index (χ2n) is 6.37. The van der Waals surface area contributed by atoms with Crippen molar-refractivity contribution >= 4 is 15.8 Å². The van der Waals surface area contributed by atoms with E-state index in [1.54, 1.807) is 18.4 Å².